The van der Waals surface area contributed by atoms with E-state index in [0.29, 0.717) is 31.6 Å². The Morgan fingerprint density at radius 2 is 1.78 bits per heavy atom. The minimum Gasteiger partial charge on any atom is -0.333 e. The summed E-state index contributed by atoms with van der Waals surface area (Å²) in [5.41, 5.74) is 4.48. The number of aryl methyl sites for hydroxylation is 1. The SMILES string of the molecule is Cc1ccc(C(=O)N2CCN(C)CCCN(C(=O)CC(C)C)c3ccccc3C2)cc1-n1cccn1. The van der Waals surface area contributed by atoms with E-state index in [1.807, 2.05) is 71.5 Å². The summed E-state index contributed by atoms with van der Waals surface area (Å²) in [5.74, 6) is 0.402. The maximum absolute atomic E-state index is 13.9. The molecule has 1 aromatic heterocycles. The van der Waals surface area contributed by atoms with Gasteiger partial charge >= 0.3 is 0 Å². The molecule has 1 aliphatic rings. The summed E-state index contributed by atoms with van der Waals surface area (Å²) in [5, 5.41) is 4.35. The lowest BCUT2D eigenvalue weighted by molar-refractivity contribution is -0.119. The van der Waals surface area contributed by atoms with Gasteiger partial charge in [-0.25, -0.2) is 4.68 Å². The first-order valence-corrected chi connectivity index (χ1v) is 12.8. The second-order valence-corrected chi connectivity index (χ2v) is 10.1. The quantitative estimate of drug-likeness (QED) is 0.542. The van der Waals surface area contributed by atoms with Crippen LogP contribution in [0.15, 0.2) is 60.9 Å². The highest BCUT2D eigenvalue weighted by atomic mass is 16.2. The molecule has 4 rings (SSSR count). The van der Waals surface area contributed by atoms with Crippen LogP contribution in [0.4, 0.5) is 5.69 Å². The number of rotatable bonds is 4. The van der Waals surface area contributed by atoms with E-state index in [4.69, 9.17) is 0 Å². The van der Waals surface area contributed by atoms with Gasteiger partial charge in [0.1, 0.15) is 0 Å². The number of hydrogen-bond donors (Lipinski definition) is 0. The fraction of sp³-hybridized carbons (Fsp3) is 0.414. The first-order chi connectivity index (χ1) is 17.3. The van der Waals surface area contributed by atoms with E-state index in [9.17, 15) is 9.59 Å². The lowest BCUT2D eigenvalue weighted by Gasteiger charge is -2.28. The molecule has 2 aromatic carbocycles. The van der Waals surface area contributed by atoms with E-state index in [2.05, 4.69) is 30.9 Å². The average Bonchev–Trinajstić information content (AvgIpc) is 3.38. The van der Waals surface area contributed by atoms with Gasteiger partial charge in [-0.05, 0) is 68.2 Å². The first kappa shape index (κ1) is 25.6. The van der Waals surface area contributed by atoms with Gasteiger partial charge in [-0.2, -0.15) is 5.10 Å². The lowest BCUT2D eigenvalue weighted by atomic mass is 10.1. The van der Waals surface area contributed by atoms with Crippen molar-refractivity contribution >= 4 is 17.5 Å². The molecule has 7 nitrogen and oxygen atoms in total. The summed E-state index contributed by atoms with van der Waals surface area (Å²) in [6.07, 6.45) is 5.01. The topological polar surface area (TPSA) is 61.7 Å². The molecule has 7 heteroatoms. The Kier molecular flexibility index (Phi) is 8.21. The van der Waals surface area contributed by atoms with Gasteiger partial charge in [0.05, 0.1) is 5.69 Å². The molecule has 36 heavy (non-hydrogen) atoms. The number of nitrogens with zero attached hydrogens (tertiary/aromatic N) is 5. The molecular formula is C29H37N5O2. The van der Waals surface area contributed by atoms with E-state index in [1.54, 1.807) is 10.9 Å². The Balaban J connectivity index is 1.69. The summed E-state index contributed by atoms with van der Waals surface area (Å²) >= 11 is 0. The Hall–Kier alpha value is -3.45. The molecule has 0 fully saturated rings. The van der Waals surface area contributed by atoms with Crippen LogP contribution in [0.5, 0.6) is 0 Å². The highest BCUT2D eigenvalue weighted by Gasteiger charge is 2.24. The molecule has 0 N–H and O–H groups in total. The number of likely N-dealkylation sites (N-methyl/N-ethyl adjacent to an activating group) is 1. The van der Waals surface area contributed by atoms with Crippen LogP contribution in [-0.4, -0.2) is 64.6 Å². The molecule has 0 unspecified atom stereocenters. The Morgan fingerprint density at radius 3 is 2.53 bits per heavy atom. The second-order valence-electron chi connectivity index (χ2n) is 10.1. The Morgan fingerprint density at radius 1 is 0.972 bits per heavy atom. The van der Waals surface area contributed by atoms with Crippen molar-refractivity contribution in [2.45, 2.75) is 40.2 Å². The van der Waals surface area contributed by atoms with E-state index >= 15 is 0 Å². The van der Waals surface area contributed by atoms with Crippen molar-refractivity contribution < 1.29 is 9.59 Å². The maximum atomic E-state index is 13.9. The fourth-order valence-corrected chi connectivity index (χ4v) is 4.69. The number of hydrogen-bond acceptors (Lipinski definition) is 4. The zero-order valence-corrected chi connectivity index (χ0v) is 21.9. The monoisotopic (exact) mass is 487 g/mol. The number of fused-ring (bicyclic) bond motifs is 1. The van der Waals surface area contributed by atoms with E-state index in [-0.39, 0.29) is 17.7 Å². The van der Waals surface area contributed by atoms with Crippen molar-refractivity contribution in [1.82, 2.24) is 19.6 Å². The number of anilines is 1. The summed E-state index contributed by atoms with van der Waals surface area (Å²) < 4.78 is 1.79. The summed E-state index contributed by atoms with van der Waals surface area (Å²) in [7, 11) is 2.08. The molecule has 0 radical (unpaired) electrons. The van der Waals surface area contributed by atoms with E-state index < -0.39 is 0 Å². The number of carbonyl (C=O) groups excluding carboxylic acids is 2. The van der Waals surface area contributed by atoms with Gasteiger partial charge in [-0.15, -0.1) is 0 Å². The van der Waals surface area contributed by atoms with Crippen molar-refractivity contribution in [3.8, 4) is 5.69 Å². The van der Waals surface area contributed by atoms with Crippen LogP contribution in [0.25, 0.3) is 5.69 Å². The normalized spacial score (nSPS) is 15.5. The molecule has 190 valence electrons. The maximum Gasteiger partial charge on any atom is 0.254 e. The Bertz CT molecular complexity index is 1190. The third-order valence-electron chi connectivity index (χ3n) is 6.70. The molecule has 2 heterocycles. The van der Waals surface area contributed by atoms with Gasteiger partial charge in [0.25, 0.3) is 5.91 Å². The van der Waals surface area contributed by atoms with Crippen LogP contribution < -0.4 is 4.90 Å². The third-order valence-corrected chi connectivity index (χ3v) is 6.70. The van der Waals surface area contributed by atoms with Crippen molar-refractivity contribution in [3.63, 3.8) is 0 Å². The van der Waals surface area contributed by atoms with Crippen molar-refractivity contribution in [2.24, 2.45) is 5.92 Å². The molecule has 0 bridgehead atoms. The molecule has 0 saturated carbocycles. The summed E-state index contributed by atoms with van der Waals surface area (Å²) in [6.45, 7) is 9.52. The molecule has 0 spiro atoms. The van der Waals surface area contributed by atoms with Crippen LogP contribution in [0, 0.1) is 12.8 Å². The lowest BCUT2D eigenvalue weighted by Crippen LogP contribution is -2.37. The van der Waals surface area contributed by atoms with E-state index in [1.165, 1.54) is 0 Å². The van der Waals surface area contributed by atoms with Crippen LogP contribution in [0.3, 0.4) is 0 Å². The average molecular weight is 488 g/mol. The minimum atomic E-state index is -0.0223. The molecular weight excluding hydrogens is 450 g/mol. The standard InChI is InChI=1S/C29H37N5O2/c1-22(2)19-28(35)33-15-8-14-31(4)17-18-32(21-25-9-5-6-10-26(25)33)29(36)24-12-11-23(3)27(20-24)34-16-7-13-30-34/h5-7,9-13,16,20,22H,8,14-15,17-19,21H2,1-4H3. The highest BCUT2D eigenvalue weighted by molar-refractivity contribution is 5.96. The molecule has 1 aliphatic heterocycles. The number of carbonyl (C=O) groups is 2. The number of aromatic nitrogens is 2. The van der Waals surface area contributed by atoms with Crippen molar-refractivity contribution in [1.29, 1.82) is 0 Å². The Labute approximate surface area is 214 Å². The zero-order valence-electron chi connectivity index (χ0n) is 21.9. The van der Waals surface area contributed by atoms with Gasteiger partial charge < -0.3 is 14.7 Å². The number of benzene rings is 2. The minimum absolute atomic E-state index is 0.0223. The van der Waals surface area contributed by atoms with Gasteiger partial charge in [-0.1, -0.05) is 38.1 Å². The smallest absolute Gasteiger partial charge is 0.254 e. The van der Waals surface area contributed by atoms with Crippen LogP contribution in [-0.2, 0) is 11.3 Å². The fourth-order valence-electron chi connectivity index (χ4n) is 4.69. The highest BCUT2D eigenvalue weighted by Crippen LogP contribution is 2.26. The first-order valence-electron chi connectivity index (χ1n) is 12.8. The largest absolute Gasteiger partial charge is 0.333 e. The van der Waals surface area contributed by atoms with Crippen molar-refractivity contribution in [3.05, 3.63) is 77.6 Å². The van der Waals surface area contributed by atoms with Crippen LogP contribution in [0.2, 0.25) is 0 Å². The van der Waals surface area contributed by atoms with E-state index in [0.717, 1.165) is 42.0 Å². The second kappa shape index (κ2) is 11.5. The summed E-state index contributed by atoms with van der Waals surface area (Å²) in [6, 6.07) is 15.7. The van der Waals surface area contributed by atoms with Crippen molar-refractivity contribution in [2.75, 3.05) is 38.1 Å². The molecule has 0 atom stereocenters. The molecule has 0 saturated heterocycles. The molecule has 0 aliphatic carbocycles. The molecule has 3 aromatic rings. The third kappa shape index (κ3) is 6.02. The molecule has 2 amide bonds. The van der Waals surface area contributed by atoms with Gasteiger partial charge in [0, 0.05) is 56.2 Å². The predicted octanol–water partition coefficient (Wildman–Crippen LogP) is 4.54. The van der Waals surface area contributed by atoms with Gasteiger partial charge in [-0.3, -0.25) is 9.59 Å². The predicted molar refractivity (Wildman–Crippen MR) is 143 cm³/mol. The van der Waals surface area contributed by atoms with Crippen LogP contribution in [0.1, 0.15) is 48.2 Å². The number of para-hydroxylation sites is 1. The van der Waals surface area contributed by atoms with Gasteiger partial charge in [0.15, 0.2) is 0 Å². The summed E-state index contributed by atoms with van der Waals surface area (Å²) in [4.78, 5) is 33.2. The van der Waals surface area contributed by atoms with Gasteiger partial charge in [0.2, 0.25) is 5.91 Å². The zero-order chi connectivity index (χ0) is 25.7. The number of amides is 2. The van der Waals surface area contributed by atoms with Crippen LogP contribution >= 0.6 is 0 Å².